The van der Waals surface area contributed by atoms with Gasteiger partial charge in [0.2, 0.25) is 10.0 Å². The van der Waals surface area contributed by atoms with E-state index in [2.05, 4.69) is 10.3 Å². The van der Waals surface area contributed by atoms with Crippen LogP contribution in [0.1, 0.15) is 43.0 Å². The molecule has 2 heterocycles. The molecule has 1 saturated carbocycles. The number of carbonyl (C=O) groups is 1. The number of nitrogens with one attached hydrogen (secondary N) is 1. The van der Waals surface area contributed by atoms with E-state index in [-0.39, 0.29) is 6.04 Å². The Morgan fingerprint density at radius 2 is 1.89 bits per heavy atom. The van der Waals surface area contributed by atoms with E-state index in [1.54, 1.807) is 29.7 Å². The SMILES string of the molecule is O=C(O)N[C@H]1CC[C@H](c2ncc(-c3ccccc3S(=O)(=O)N3CCC3)s2)CC1. The number of sulfonamides is 1. The summed E-state index contributed by atoms with van der Waals surface area (Å²) in [6.07, 6.45) is 5.06. The Morgan fingerprint density at radius 1 is 1.18 bits per heavy atom. The van der Waals surface area contributed by atoms with E-state index in [9.17, 15) is 13.2 Å². The molecule has 2 aromatic rings. The van der Waals surface area contributed by atoms with E-state index in [4.69, 9.17) is 5.11 Å². The molecule has 150 valence electrons. The van der Waals surface area contributed by atoms with E-state index in [0.717, 1.165) is 42.0 Å². The number of rotatable bonds is 5. The van der Waals surface area contributed by atoms with Crippen LogP contribution < -0.4 is 5.32 Å². The van der Waals surface area contributed by atoms with Gasteiger partial charge in [0.15, 0.2) is 0 Å². The summed E-state index contributed by atoms with van der Waals surface area (Å²) in [6.45, 7) is 1.16. The molecule has 1 aliphatic carbocycles. The molecule has 0 unspecified atom stereocenters. The van der Waals surface area contributed by atoms with Crippen LogP contribution in [-0.2, 0) is 10.0 Å². The highest BCUT2D eigenvalue weighted by Crippen LogP contribution is 2.39. The largest absolute Gasteiger partial charge is 0.465 e. The van der Waals surface area contributed by atoms with Crippen LogP contribution in [0.4, 0.5) is 4.79 Å². The molecule has 1 saturated heterocycles. The summed E-state index contributed by atoms with van der Waals surface area (Å²) in [5, 5.41) is 12.4. The molecular formula is C19H23N3O4S2. The maximum Gasteiger partial charge on any atom is 0.404 e. The van der Waals surface area contributed by atoms with Gasteiger partial charge in [-0.15, -0.1) is 11.3 Å². The lowest BCUT2D eigenvalue weighted by Crippen LogP contribution is -2.42. The molecule has 0 radical (unpaired) electrons. The van der Waals surface area contributed by atoms with Crippen LogP contribution in [0.5, 0.6) is 0 Å². The van der Waals surface area contributed by atoms with Crippen molar-refractivity contribution in [3.05, 3.63) is 35.5 Å². The highest BCUT2D eigenvalue weighted by atomic mass is 32.2. The molecule has 4 rings (SSSR count). The van der Waals surface area contributed by atoms with Crippen molar-refractivity contribution in [1.82, 2.24) is 14.6 Å². The third-order valence-electron chi connectivity index (χ3n) is 5.51. The lowest BCUT2D eigenvalue weighted by Gasteiger charge is -2.30. The van der Waals surface area contributed by atoms with E-state index < -0.39 is 16.1 Å². The fourth-order valence-corrected chi connectivity index (χ4v) is 6.74. The van der Waals surface area contributed by atoms with Crippen molar-refractivity contribution in [2.24, 2.45) is 0 Å². The van der Waals surface area contributed by atoms with Crippen LogP contribution in [0.2, 0.25) is 0 Å². The minimum Gasteiger partial charge on any atom is -0.465 e. The van der Waals surface area contributed by atoms with Crippen LogP contribution in [0, 0.1) is 0 Å². The molecule has 1 aromatic heterocycles. The molecule has 2 fully saturated rings. The molecule has 28 heavy (non-hydrogen) atoms. The predicted octanol–water partition coefficient (Wildman–Crippen LogP) is 3.50. The van der Waals surface area contributed by atoms with Crippen LogP contribution in [-0.4, -0.2) is 48.0 Å². The van der Waals surface area contributed by atoms with Crippen molar-refractivity contribution < 1.29 is 18.3 Å². The second-order valence-electron chi connectivity index (χ2n) is 7.31. The summed E-state index contributed by atoms with van der Waals surface area (Å²) in [4.78, 5) is 16.6. The first kappa shape index (κ1) is 19.4. The Kier molecular flexibility index (Phi) is 5.39. The first-order valence-electron chi connectivity index (χ1n) is 9.50. The summed E-state index contributed by atoms with van der Waals surface area (Å²) >= 11 is 1.54. The molecule has 1 amide bonds. The molecule has 7 nitrogen and oxygen atoms in total. The average molecular weight is 422 g/mol. The predicted molar refractivity (Wildman–Crippen MR) is 107 cm³/mol. The highest BCUT2D eigenvalue weighted by molar-refractivity contribution is 7.89. The normalized spacial score (nSPS) is 23.1. The Balaban J connectivity index is 1.54. The summed E-state index contributed by atoms with van der Waals surface area (Å²) in [5.41, 5.74) is 0.708. The number of hydrogen-bond donors (Lipinski definition) is 2. The first-order chi connectivity index (χ1) is 13.4. The fourth-order valence-electron chi connectivity index (χ4n) is 3.82. The van der Waals surface area contributed by atoms with Crippen molar-refractivity contribution >= 4 is 27.5 Å². The van der Waals surface area contributed by atoms with E-state index >= 15 is 0 Å². The van der Waals surface area contributed by atoms with Gasteiger partial charge in [0.05, 0.1) is 14.8 Å². The lowest BCUT2D eigenvalue weighted by molar-refractivity contribution is 0.185. The average Bonchev–Trinajstić information content (AvgIpc) is 3.10. The number of nitrogens with zero attached hydrogens (tertiary/aromatic N) is 2. The molecule has 0 bridgehead atoms. The number of benzene rings is 1. The Morgan fingerprint density at radius 3 is 2.54 bits per heavy atom. The quantitative estimate of drug-likeness (QED) is 0.770. The van der Waals surface area contributed by atoms with E-state index in [0.29, 0.717) is 29.5 Å². The van der Waals surface area contributed by atoms with Crippen molar-refractivity contribution in [3.8, 4) is 10.4 Å². The molecule has 2 aliphatic rings. The molecular weight excluding hydrogens is 398 g/mol. The van der Waals surface area contributed by atoms with Crippen molar-refractivity contribution in [2.75, 3.05) is 13.1 Å². The number of aromatic nitrogens is 1. The zero-order valence-electron chi connectivity index (χ0n) is 15.4. The summed E-state index contributed by atoms with van der Waals surface area (Å²) in [6, 6.07) is 7.14. The summed E-state index contributed by atoms with van der Waals surface area (Å²) in [7, 11) is -3.47. The molecule has 0 atom stereocenters. The maximum absolute atomic E-state index is 12.9. The molecule has 9 heteroatoms. The molecule has 1 aromatic carbocycles. The molecule has 1 aliphatic heterocycles. The van der Waals surface area contributed by atoms with Crippen LogP contribution in [0.15, 0.2) is 35.4 Å². The lowest BCUT2D eigenvalue weighted by atomic mass is 9.86. The Hall–Kier alpha value is -1.97. The van der Waals surface area contributed by atoms with Gasteiger partial charge in [-0.2, -0.15) is 4.31 Å². The third kappa shape index (κ3) is 3.78. The Bertz CT molecular complexity index is 961. The zero-order chi connectivity index (χ0) is 19.7. The number of hydrogen-bond acceptors (Lipinski definition) is 5. The minimum atomic E-state index is -3.47. The van der Waals surface area contributed by atoms with Gasteiger partial charge in [0.1, 0.15) is 0 Å². The number of carboxylic acid groups (broad SMARTS) is 1. The van der Waals surface area contributed by atoms with Crippen LogP contribution >= 0.6 is 11.3 Å². The standard InChI is InChI=1S/C19H23N3O4S2/c23-19(24)21-14-8-6-13(7-9-14)18-20-12-16(27-18)15-4-1-2-5-17(15)28(25,26)22-10-3-11-22/h1-2,4-5,12-14,21H,3,6-11H2,(H,23,24)/t13-,14-. The third-order valence-corrected chi connectivity index (χ3v) is 8.66. The van der Waals surface area contributed by atoms with Gasteiger partial charge in [0.25, 0.3) is 0 Å². The van der Waals surface area contributed by atoms with Gasteiger partial charge in [-0.05, 0) is 38.2 Å². The monoisotopic (exact) mass is 421 g/mol. The fraction of sp³-hybridized carbons (Fsp3) is 0.474. The Labute approximate surface area is 168 Å². The van der Waals surface area contributed by atoms with Crippen molar-refractivity contribution in [1.29, 1.82) is 0 Å². The topological polar surface area (TPSA) is 99.6 Å². The van der Waals surface area contributed by atoms with Crippen LogP contribution in [0.25, 0.3) is 10.4 Å². The van der Waals surface area contributed by atoms with Crippen LogP contribution in [0.3, 0.4) is 0 Å². The highest BCUT2D eigenvalue weighted by Gasteiger charge is 2.32. The summed E-state index contributed by atoms with van der Waals surface area (Å²) in [5.74, 6) is 0.296. The summed E-state index contributed by atoms with van der Waals surface area (Å²) < 4.78 is 27.3. The van der Waals surface area contributed by atoms with Gasteiger partial charge < -0.3 is 10.4 Å². The van der Waals surface area contributed by atoms with E-state index in [1.807, 2.05) is 12.1 Å². The minimum absolute atomic E-state index is 0.00979. The second kappa shape index (κ2) is 7.81. The van der Waals surface area contributed by atoms with Gasteiger partial charge >= 0.3 is 6.09 Å². The van der Waals surface area contributed by atoms with Gasteiger partial charge in [-0.1, -0.05) is 18.2 Å². The van der Waals surface area contributed by atoms with Crippen molar-refractivity contribution in [2.45, 2.75) is 49.0 Å². The smallest absolute Gasteiger partial charge is 0.404 e. The molecule has 0 spiro atoms. The maximum atomic E-state index is 12.9. The number of thiazole rings is 1. The van der Waals surface area contributed by atoms with Gasteiger partial charge in [-0.25, -0.2) is 18.2 Å². The zero-order valence-corrected chi connectivity index (χ0v) is 17.0. The van der Waals surface area contributed by atoms with Crippen molar-refractivity contribution in [3.63, 3.8) is 0 Å². The van der Waals surface area contributed by atoms with Gasteiger partial charge in [0, 0.05) is 36.8 Å². The van der Waals surface area contributed by atoms with E-state index in [1.165, 1.54) is 4.31 Å². The second-order valence-corrected chi connectivity index (χ2v) is 10.3. The molecule has 2 N–H and O–H groups in total. The number of amides is 1. The first-order valence-corrected chi connectivity index (χ1v) is 11.8. The van der Waals surface area contributed by atoms with Gasteiger partial charge in [-0.3, -0.25) is 0 Å².